The molecule has 0 fully saturated rings. The first-order chi connectivity index (χ1) is 10.6. The Morgan fingerprint density at radius 1 is 1.18 bits per heavy atom. The van der Waals surface area contributed by atoms with E-state index >= 15 is 0 Å². The highest BCUT2D eigenvalue weighted by molar-refractivity contribution is 7.10. The van der Waals surface area contributed by atoms with Gasteiger partial charge in [-0.3, -0.25) is 14.5 Å². The van der Waals surface area contributed by atoms with E-state index in [1.807, 2.05) is 47.8 Å². The van der Waals surface area contributed by atoms with Crippen LogP contribution in [-0.4, -0.2) is 36.9 Å². The average Bonchev–Trinajstić information content (AvgIpc) is 2.98. The summed E-state index contributed by atoms with van der Waals surface area (Å²) in [6.45, 7) is 0.181. The van der Waals surface area contributed by atoms with Crippen molar-refractivity contribution in [1.29, 1.82) is 0 Å². The monoisotopic (exact) mass is 317 g/mol. The van der Waals surface area contributed by atoms with Crippen LogP contribution < -0.4 is 11.1 Å². The van der Waals surface area contributed by atoms with Crippen LogP contribution in [0.15, 0.2) is 47.8 Å². The molecule has 0 bridgehead atoms. The van der Waals surface area contributed by atoms with Gasteiger partial charge in [0.1, 0.15) is 0 Å². The topological polar surface area (TPSA) is 75.4 Å². The Bertz CT molecular complexity index is 614. The lowest BCUT2D eigenvalue weighted by Gasteiger charge is -2.20. The van der Waals surface area contributed by atoms with Crippen LogP contribution >= 0.6 is 11.3 Å². The van der Waals surface area contributed by atoms with E-state index in [1.165, 1.54) is 0 Å². The largest absolute Gasteiger partial charge is 0.369 e. The molecular weight excluding hydrogens is 298 g/mol. The summed E-state index contributed by atoms with van der Waals surface area (Å²) in [4.78, 5) is 25.7. The van der Waals surface area contributed by atoms with Crippen LogP contribution in [0.5, 0.6) is 0 Å². The summed E-state index contributed by atoms with van der Waals surface area (Å²) >= 11 is 1.59. The van der Waals surface area contributed by atoms with Crippen molar-refractivity contribution >= 4 is 23.2 Å². The van der Waals surface area contributed by atoms with Gasteiger partial charge >= 0.3 is 0 Å². The molecule has 0 saturated carbocycles. The predicted molar refractivity (Wildman–Crippen MR) is 87.4 cm³/mol. The second-order valence-electron chi connectivity index (χ2n) is 5.07. The van der Waals surface area contributed by atoms with E-state index in [0.29, 0.717) is 0 Å². The van der Waals surface area contributed by atoms with Crippen molar-refractivity contribution in [2.24, 2.45) is 5.73 Å². The van der Waals surface area contributed by atoms with Crippen LogP contribution in [0.1, 0.15) is 16.5 Å². The van der Waals surface area contributed by atoms with E-state index in [-0.39, 0.29) is 25.0 Å². The quantitative estimate of drug-likeness (QED) is 0.810. The Morgan fingerprint density at radius 3 is 2.50 bits per heavy atom. The molecule has 0 aliphatic carbocycles. The first-order valence-corrected chi connectivity index (χ1v) is 7.79. The van der Waals surface area contributed by atoms with Gasteiger partial charge in [-0.05, 0) is 24.1 Å². The highest BCUT2D eigenvalue weighted by Crippen LogP contribution is 2.25. The van der Waals surface area contributed by atoms with Gasteiger partial charge in [0.15, 0.2) is 0 Å². The molecule has 3 N–H and O–H groups in total. The molecule has 0 saturated heterocycles. The second-order valence-corrected chi connectivity index (χ2v) is 6.04. The Kier molecular flexibility index (Phi) is 5.68. The van der Waals surface area contributed by atoms with Crippen molar-refractivity contribution in [3.05, 3.63) is 58.3 Å². The molecule has 0 aliphatic heterocycles. The number of likely N-dealkylation sites (N-methyl/N-ethyl adjacent to an activating group) is 1. The smallest absolute Gasteiger partial charge is 0.234 e. The van der Waals surface area contributed by atoms with E-state index in [0.717, 1.165) is 10.4 Å². The van der Waals surface area contributed by atoms with Gasteiger partial charge in [-0.25, -0.2) is 0 Å². The third kappa shape index (κ3) is 4.68. The lowest BCUT2D eigenvalue weighted by atomic mass is 10.1. The molecule has 1 heterocycles. The Hall–Kier alpha value is -2.18. The van der Waals surface area contributed by atoms with E-state index < -0.39 is 5.91 Å². The number of rotatable bonds is 7. The molecule has 6 heteroatoms. The van der Waals surface area contributed by atoms with Crippen LogP contribution in [0.25, 0.3) is 0 Å². The van der Waals surface area contributed by atoms with Crippen molar-refractivity contribution in [3.63, 3.8) is 0 Å². The molecule has 116 valence electrons. The zero-order chi connectivity index (χ0) is 15.9. The molecule has 1 atom stereocenters. The summed E-state index contributed by atoms with van der Waals surface area (Å²) in [5.41, 5.74) is 6.15. The van der Waals surface area contributed by atoms with Crippen LogP contribution in [0, 0.1) is 0 Å². The van der Waals surface area contributed by atoms with Gasteiger partial charge in [0.2, 0.25) is 11.8 Å². The minimum atomic E-state index is -0.451. The Morgan fingerprint density at radius 2 is 1.91 bits per heavy atom. The average molecular weight is 317 g/mol. The molecule has 2 amide bonds. The Balaban J connectivity index is 2.08. The maximum Gasteiger partial charge on any atom is 0.234 e. The SMILES string of the molecule is CN(CC(N)=O)CC(=O)N[C@@H](c1ccccc1)c1cccs1. The fourth-order valence-corrected chi connectivity index (χ4v) is 3.00. The number of nitrogens with two attached hydrogens (primary N) is 1. The van der Waals surface area contributed by atoms with Gasteiger partial charge in [-0.2, -0.15) is 0 Å². The fraction of sp³-hybridized carbons (Fsp3) is 0.250. The standard InChI is InChI=1S/C16H19N3O2S/c1-19(10-14(17)20)11-15(21)18-16(13-8-5-9-22-13)12-6-3-2-4-7-12/h2-9,16H,10-11H2,1H3,(H2,17,20)(H,18,21)/t16-/m0/s1. The van der Waals surface area contributed by atoms with Crippen molar-refractivity contribution < 1.29 is 9.59 Å². The number of carbonyl (C=O) groups excluding carboxylic acids is 2. The van der Waals surface area contributed by atoms with Gasteiger partial charge in [0, 0.05) is 4.88 Å². The molecule has 1 aromatic heterocycles. The van der Waals surface area contributed by atoms with Crippen LogP contribution in [0.2, 0.25) is 0 Å². The lowest BCUT2D eigenvalue weighted by molar-refractivity contribution is -0.123. The fourth-order valence-electron chi connectivity index (χ4n) is 2.19. The summed E-state index contributed by atoms with van der Waals surface area (Å²) in [5, 5.41) is 5.00. The summed E-state index contributed by atoms with van der Waals surface area (Å²) in [5.74, 6) is -0.598. The number of amides is 2. The summed E-state index contributed by atoms with van der Waals surface area (Å²) in [7, 11) is 1.69. The third-order valence-corrected chi connectivity index (χ3v) is 4.04. The first-order valence-electron chi connectivity index (χ1n) is 6.91. The number of hydrogen-bond acceptors (Lipinski definition) is 4. The number of hydrogen-bond donors (Lipinski definition) is 2. The normalized spacial score (nSPS) is 12.1. The van der Waals surface area contributed by atoms with Crippen molar-refractivity contribution in [1.82, 2.24) is 10.2 Å². The summed E-state index contributed by atoms with van der Waals surface area (Å²) in [6, 6.07) is 13.6. The van der Waals surface area contributed by atoms with Gasteiger partial charge < -0.3 is 11.1 Å². The Labute approximate surface area is 133 Å². The molecule has 0 unspecified atom stereocenters. The van der Waals surface area contributed by atoms with E-state index in [4.69, 9.17) is 5.73 Å². The summed E-state index contributed by atoms with van der Waals surface area (Å²) in [6.07, 6.45) is 0. The maximum atomic E-state index is 12.2. The minimum absolute atomic E-state index is 0.0580. The van der Waals surface area contributed by atoms with E-state index in [2.05, 4.69) is 5.32 Å². The number of thiophene rings is 1. The predicted octanol–water partition coefficient (Wildman–Crippen LogP) is 1.37. The van der Waals surface area contributed by atoms with Gasteiger partial charge in [-0.15, -0.1) is 11.3 Å². The van der Waals surface area contributed by atoms with Crippen LogP contribution in [0.3, 0.4) is 0 Å². The molecule has 2 rings (SSSR count). The van der Waals surface area contributed by atoms with Crippen molar-refractivity contribution in [2.75, 3.05) is 20.1 Å². The number of nitrogens with one attached hydrogen (secondary N) is 1. The van der Waals surface area contributed by atoms with Crippen molar-refractivity contribution in [3.8, 4) is 0 Å². The van der Waals surface area contributed by atoms with Crippen LogP contribution in [0.4, 0.5) is 0 Å². The van der Waals surface area contributed by atoms with E-state index in [1.54, 1.807) is 23.3 Å². The molecule has 0 aliphatic rings. The van der Waals surface area contributed by atoms with Gasteiger partial charge in [0.25, 0.3) is 0 Å². The molecule has 1 aromatic carbocycles. The lowest BCUT2D eigenvalue weighted by Crippen LogP contribution is -2.40. The third-order valence-electron chi connectivity index (χ3n) is 3.11. The minimum Gasteiger partial charge on any atom is -0.369 e. The highest BCUT2D eigenvalue weighted by atomic mass is 32.1. The molecular formula is C16H19N3O2S. The second kappa shape index (κ2) is 7.72. The van der Waals surface area contributed by atoms with Crippen molar-refractivity contribution in [2.45, 2.75) is 6.04 Å². The zero-order valence-electron chi connectivity index (χ0n) is 12.4. The molecule has 0 radical (unpaired) electrons. The molecule has 2 aromatic rings. The van der Waals surface area contributed by atoms with E-state index in [9.17, 15) is 9.59 Å². The van der Waals surface area contributed by atoms with Crippen LogP contribution in [-0.2, 0) is 9.59 Å². The van der Waals surface area contributed by atoms with Gasteiger partial charge in [-0.1, -0.05) is 36.4 Å². The molecule has 5 nitrogen and oxygen atoms in total. The number of primary amides is 1. The maximum absolute atomic E-state index is 12.2. The number of benzene rings is 1. The number of carbonyl (C=O) groups is 2. The molecule has 0 spiro atoms. The molecule has 22 heavy (non-hydrogen) atoms. The van der Waals surface area contributed by atoms with Gasteiger partial charge in [0.05, 0.1) is 19.1 Å². The first kappa shape index (κ1) is 16.2. The highest BCUT2D eigenvalue weighted by Gasteiger charge is 2.18. The number of nitrogens with zero attached hydrogens (tertiary/aromatic N) is 1. The summed E-state index contributed by atoms with van der Waals surface area (Å²) < 4.78 is 0. The zero-order valence-corrected chi connectivity index (χ0v) is 13.2.